The third kappa shape index (κ3) is 2.58. The molecule has 17 heavy (non-hydrogen) atoms. The zero-order valence-electron chi connectivity index (χ0n) is 10.0. The summed E-state index contributed by atoms with van der Waals surface area (Å²) in [7, 11) is 0. The summed E-state index contributed by atoms with van der Waals surface area (Å²) in [6, 6.07) is 4.44. The van der Waals surface area contributed by atoms with Gasteiger partial charge in [0.05, 0.1) is 6.10 Å². The van der Waals surface area contributed by atoms with E-state index < -0.39 is 6.10 Å². The van der Waals surface area contributed by atoms with E-state index in [0.29, 0.717) is 18.8 Å². The van der Waals surface area contributed by atoms with E-state index in [9.17, 15) is 9.50 Å². The van der Waals surface area contributed by atoms with E-state index in [1.54, 1.807) is 6.07 Å². The van der Waals surface area contributed by atoms with Crippen molar-refractivity contribution in [3.8, 4) is 5.75 Å². The minimum Gasteiger partial charge on any atom is -0.487 e. The van der Waals surface area contributed by atoms with Crippen molar-refractivity contribution >= 4 is 0 Å². The van der Waals surface area contributed by atoms with Crippen molar-refractivity contribution in [1.29, 1.82) is 0 Å². The molecular formula is C13H17FO3. The van der Waals surface area contributed by atoms with Crippen LogP contribution >= 0.6 is 0 Å². The van der Waals surface area contributed by atoms with Crippen molar-refractivity contribution in [2.24, 2.45) is 0 Å². The summed E-state index contributed by atoms with van der Waals surface area (Å²) in [5.41, 5.74) is 0.878. The Morgan fingerprint density at radius 1 is 1.47 bits per heavy atom. The van der Waals surface area contributed by atoms with E-state index in [-0.39, 0.29) is 18.0 Å². The van der Waals surface area contributed by atoms with Gasteiger partial charge in [0.25, 0.3) is 0 Å². The van der Waals surface area contributed by atoms with Crippen molar-refractivity contribution in [1.82, 2.24) is 0 Å². The Bertz CT molecular complexity index is 394. The fourth-order valence-electron chi connectivity index (χ4n) is 1.95. The summed E-state index contributed by atoms with van der Waals surface area (Å²) >= 11 is 0. The van der Waals surface area contributed by atoms with Gasteiger partial charge in [0.2, 0.25) is 0 Å². The molecule has 1 aliphatic carbocycles. The molecule has 1 aromatic carbocycles. The van der Waals surface area contributed by atoms with Crippen LogP contribution in [0.4, 0.5) is 4.39 Å². The molecule has 1 aliphatic rings. The van der Waals surface area contributed by atoms with Crippen LogP contribution in [-0.4, -0.2) is 30.0 Å². The second kappa shape index (κ2) is 5.02. The topological polar surface area (TPSA) is 38.7 Å². The molecule has 3 atom stereocenters. The molecule has 0 saturated heterocycles. The summed E-state index contributed by atoms with van der Waals surface area (Å²) in [6.45, 7) is 4.26. The van der Waals surface area contributed by atoms with Gasteiger partial charge in [0.15, 0.2) is 0 Å². The van der Waals surface area contributed by atoms with Crippen LogP contribution in [0.25, 0.3) is 0 Å². The summed E-state index contributed by atoms with van der Waals surface area (Å²) < 4.78 is 24.1. The number of aryl methyl sites for hydroxylation is 1. The van der Waals surface area contributed by atoms with Crippen LogP contribution < -0.4 is 4.74 Å². The highest BCUT2D eigenvalue weighted by atomic mass is 19.1. The molecule has 1 fully saturated rings. The predicted octanol–water partition coefficient (Wildman–Crippen LogP) is 2.05. The Morgan fingerprint density at radius 2 is 2.24 bits per heavy atom. The van der Waals surface area contributed by atoms with E-state index >= 15 is 0 Å². The monoisotopic (exact) mass is 240 g/mol. The lowest BCUT2D eigenvalue weighted by Crippen LogP contribution is -2.55. The first-order chi connectivity index (χ1) is 8.11. The third-order valence-corrected chi connectivity index (χ3v) is 3.01. The molecule has 94 valence electrons. The Kier molecular flexibility index (Phi) is 3.64. The van der Waals surface area contributed by atoms with E-state index in [2.05, 4.69) is 0 Å². The largest absolute Gasteiger partial charge is 0.487 e. The number of hydrogen-bond acceptors (Lipinski definition) is 3. The maximum atomic E-state index is 13.1. The highest BCUT2D eigenvalue weighted by Gasteiger charge is 2.42. The Morgan fingerprint density at radius 3 is 2.88 bits per heavy atom. The molecule has 4 heteroatoms. The number of aliphatic hydroxyl groups is 1. The SMILES string of the molecule is CCOC1C(O)CC1Oc1cc(F)ccc1C. The molecule has 0 aromatic heterocycles. The van der Waals surface area contributed by atoms with Crippen LogP contribution in [0.3, 0.4) is 0 Å². The number of benzene rings is 1. The van der Waals surface area contributed by atoms with Crippen molar-refractivity contribution in [2.45, 2.75) is 38.6 Å². The number of rotatable bonds is 4. The normalized spacial score (nSPS) is 27.6. The number of hydrogen-bond donors (Lipinski definition) is 1. The Labute approximate surface area is 100 Å². The maximum Gasteiger partial charge on any atom is 0.130 e. The van der Waals surface area contributed by atoms with Gasteiger partial charge in [-0.3, -0.25) is 0 Å². The first-order valence-electron chi connectivity index (χ1n) is 5.84. The molecule has 3 unspecified atom stereocenters. The molecule has 0 heterocycles. The molecule has 1 N–H and O–H groups in total. The Hall–Kier alpha value is -1.13. The Balaban J connectivity index is 2.03. The number of halogens is 1. The third-order valence-electron chi connectivity index (χ3n) is 3.01. The average molecular weight is 240 g/mol. The van der Waals surface area contributed by atoms with Gasteiger partial charge in [0, 0.05) is 19.1 Å². The molecule has 0 radical (unpaired) electrons. The summed E-state index contributed by atoms with van der Waals surface area (Å²) in [5, 5.41) is 9.53. The first-order valence-corrected chi connectivity index (χ1v) is 5.84. The van der Waals surface area contributed by atoms with Crippen LogP contribution in [0.1, 0.15) is 18.9 Å². The van der Waals surface area contributed by atoms with E-state index in [4.69, 9.17) is 9.47 Å². The van der Waals surface area contributed by atoms with E-state index in [1.807, 2.05) is 13.8 Å². The number of aliphatic hydroxyl groups excluding tert-OH is 1. The van der Waals surface area contributed by atoms with Gasteiger partial charge in [-0.1, -0.05) is 6.07 Å². The molecule has 0 bridgehead atoms. The van der Waals surface area contributed by atoms with Crippen molar-refractivity contribution < 1.29 is 19.0 Å². The van der Waals surface area contributed by atoms with Crippen molar-refractivity contribution in [3.05, 3.63) is 29.6 Å². The highest BCUT2D eigenvalue weighted by Crippen LogP contribution is 2.30. The van der Waals surface area contributed by atoms with Gasteiger partial charge in [-0.2, -0.15) is 0 Å². The second-order valence-electron chi connectivity index (χ2n) is 4.29. The zero-order chi connectivity index (χ0) is 12.4. The molecule has 2 rings (SSSR count). The van der Waals surface area contributed by atoms with Crippen LogP contribution in [0, 0.1) is 12.7 Å². The molecule has 0 aliphatic heterocycles. The zero-order valence-corrected chi connectivity index (χ0v) is 10.0. The fourth-order valence-corrected chi connectivity index (χ4v) is 1.95. The molecule has 3 nitrogen and oxygen atoms in total. The number of ether oxygens (including phenoxy) is 2. The van der Waals surface area contributed by atoms with Crippen molar-refractivity contribution in [2.75, 3.05) is 6.61 Å². The second-order valence-corrected chi connectivity index (χ2v) is 4.29. The minimum atomic E-state index is -0.478. The van der Waals surface area contributed by atoms with Gasteiger partial charge >= 0.3 is 0 Å². The summed E-state index contributed by atoms with van der Waals surface area (Å²) in [6.07, 6.45) is -0.442. The summed E-state index contributed by atoms with van der Waals surface area (Å²) in [5.74, 6) is 0.199. The first kappa shape index (κ1) is 12.3. The van der Waals surface area contributed by atoms with Gasteiger partial charge in [-0.15, -0.1) is 0 Å². The lowest BCUT2D eigenvalue weighted by Gasteiger charge is -2.40. The molecular weight excluding hydrogens is 223 g/mol. The van der Waals surface area contributed by atoms with Gasteiger partial charge in [-0.25, -0.2) is 4.39 Å². The average Bonchev–Trinajstić information content (AvgIpc) is 2.30. The van der Waals surface area contributed by atoms with E-state index in [1.165, 1.54) is 12.1 Å². The molecule has 1 saturated carbocycles. The predicted molar refractivity (Wildman–Crippen MR) is 61.6 cm³/mol. The maximum absolute atomic E-state index is 13.1. The standard InChI is InChI=1S/C13H17FO3/c1-3-16-13-10(15)7-12(13)17-11-6-9(14)5-4-8(11)2/h4-6,10,12-13,15H,3,7H2,1-2H3. The summed E-state index contributed by atoms with van der Waals surface area (Å²) in [4.78, 5) is 0. The highest BCUT2D eigenvalue weighted by molar-refractivity contribution is 5.33. The van der Waals surface area contributed by atoms with E-state index in [0.717, 1.165) is 5.56 Å². The lowest BCUT2D eigenvalue weighted by molar-refractivity contribution is -0.160. The van der Waals surface area contributed by atoms with Crippen LogP contribution in [0.5, 0.6) is 5.75 Å². The molecule has 1 aromatic rings. The van der Waals surface area contributed by atoms with Crippen LogP contribution in [-0.2, 0) is 4.74 Å². The minimum absolute atomic E-state index is 0.189. The quantitative estimate of drug-likeness (QED) is 0.875. The van der Waals surface area contributed by atoms with Crippen LogP contribution in [0.2, 0.25) is 0 Å². The molecule has 0 spiro atoms. The lowest BCUT2D eigenvalue weighted by atomic mass is 9.88. The van der Waals surface area contributed by atoms with Gasteiger partial charge in [0.1, 0.15) is 23.8 Å². The smallest absolute Gasteiger partial charge is 0.130 e. The molecule has 0 amide bonds. The van der Waals surface area contributed by atoms with Gasteiger partial charge < -0.3 is 14.6 Å². The van der Waals surface area contributed by atoms with Crippen LogP contribution in [0.15, 0.2) is 18.2 Å². The fraction of sp³-hybridized carbons (Fsp3) is 0.538. The van der Waals surface area contributed by atoms with Crippen molar-refractivity contribution in [3.63, 3.8) is 0 Å². The van der Waals surface area contributed by atoms with Gasteiger partial charge in [-0.05, 0) is 25.5 Å².